The fourth-order valence-corrected chi connectivity index (χ4v) is 3.82. The molecule has 0 aliphatic carbocycles. The second-order valence-corrected chi connectivity index (χ2v) is 5.54. The van der Waals surface area contributed by atoms with Crippen LogP contribution in [0.5, 0.6) is 0 Å². The summed E-state index contributed by atoms with van der Waals surface area (Å²) in [4.78, 5) is 17.1. The topological polar surface area (TPSA) is 78.3 Å². The molecule has 4 atom stereocenters. The molecule has 20 heavy (non-hydrogen) atoms. The molecule has 0 amide bonds. The van der Waals surface area contributed by atoms with Gasteiger partial charge in [0.25, 0.3) is 0 Å². The largest absolute Gasteiger partial charge is 0.469 e. The van der Waals surface area contributed by atoms with E-state index in [9.17, 15) is 9.18 Å². The van der Waals surface area contributed by atoms with Crippen molar-refractivity contribution in [2.75, 3.05) is 26.9 Å². The van der Waals surface area contributed by atoms with Crippen molar-refractivity contribution in [3.8, 4) is 0 Å². The Morgan fingerprint density at radius 3 is 3.00 bits per heavy atom. The van der Waals surface area contributed by atoms with Crippen LogP contribution in [0.4, 0.5) is 4.39 Å². The lowest BCUT2D eigenvalue weighted by Crippen LogP contribution is -2.52. The molecule has 0 spiro atoms. The van der Waals surface area contributed by atoms with Gasteiger partial charge in [-0.25, -0.2) is 0 Å². The number of hydrogen-bond acceptors (Lipinski definition) is 4. The highest BCUT2D eigenvalue weighted by Crippen LogP contribution is 2.43. The quantitative estimate of drug-likeness (QED) is 0.325. The van der Waals surface area contributed by atoms with Crippen LogP contribution in [0.1, 0.15) is 25.7 Å². The molecular weight excluding hydrogens is 263 g/mol. The average Bonchev–Trinajstić information content (AvgIpc) is 2.74. The maximum atomic E-state index is 12.4. The Morgan fingerprint density at radius 2 is 2.35 bits per heavy atom. The van der Waals surface area contributed by atoms with Gasteiger partial charge in [-0.2, -0.15) is 0 Å². The molecule has 2 aliphatic rings. The van der Waals surface area contributed by atoms with E-state index in [4.69, 9.17) is 10.3 Å². The maximum Gasteiger partial charge on any atom is 0.310 e. The number of alkyl halides is 1. The standard InChI is InChI=1S/C13H21FN4O2/c1-20-13(19)12-9(8-16-17-15)7-10-3-4-11(12)18(10)6-2-5-14/h9-12H,2-8H2,1H3. The van der Waals surface area contributed by atoms with E-state index in [2.05, 4.69) is 14.9 Å². The van der Waals surface area contributed by atoms with Gasteiger partial charge in [-0.3, -0.25) is 14.1 Å². The van der Waals surface area contributed by atoms with Crippen LogP contribution in [0.3, 0.4) is 0 Å². The normalized spacial score (nSPS) is 32.7. The van der Waals surface area contributed by atoms with Crippen LogP contribution in [0.25, 0.3) is 10.4 Å². The molecule has 2 saturated heterocycles. The molecule has 2 bridgehead atoms. The smallest absolute Gasteiger partial charge is 0.310 e. The molecule has 2 aliphatic heterocycles. The number of halogens is 1. The van der Waals surface area contributed by atoms with Crippen LogP contribution in [0, 0.1) is 11.8 Å². The van der Waals surface area contributed by atoms with Gasteiger partial charge >= 0.3 is 5.97 Å². The first-order valence-corrected chi connectivity index (χ1v) is 7.13. The number of carbonyl (C=O) groups is 1. The zero-order valence-electron chi connectivity index (χ0n) is 11.7. The zero-order valence-corrected chi connectivity index (χ0v) is 11.7. The summed E-state index contributed by atoms with van der Waals surface area (Å²) in [5, 5.41) is 3.64. The number of nitrogens with zero attached hydrogens (tertiary/aromatic N) is 4. The van der Waals surface area contributed by atoms with E-state index in [1.54, 1.807) is 0 Å². The van der Waals surface area contributed by atoms with Gasteiger partial charge in [0.1, 0.15) is 0 Å². The molecule has 2 fully saturated rings. The summed E-state index contributed by atoms with van der Waals surface area (Å²) in [5.74, 6) is -0.458. The molecule has 0 aromatic carbocycles. The lowest BCUT2D eigenvalue weighted by Gasteiger charge is -2.43. The lowest BCUT2D eigenvalue weighted by molar-refractivity contribution is -0.152. The molecule has 7 heteroatoms. The molecule has 0 radical (unpaired) electrons. The molecule has 0 saturated carbocycles. The number of methoxy groups -OCH3 is 1. The van der Waals surface area contributed by atoms with Gasteiger partial charge in [-0.1, -0.05) is 5.11 Å². The van der Waals surface area contributed by atoms with Gasteiger partial charge in [-0.05, 0) is 37.1 Å². The summed E-state index contributed by atoms with van der Waals surface area (Å²) >= 11 is 0. The van der Waals surface area contributed by atoms with Gasteiger partial charge in [0, 0.05) is 30.1 Å². The van der Waals surface area contributed by atoms with E-state index >= 15 is 0 Å². The highest BCUT2D eigenvalue weighted by molar-refractivity contribution is 5.74. The third kappa shape index (κ3) is 2.88. The van der Waals surface area contributed by atoms with Crippen LogP contribution in [-0.4, -0.2) is 49.8 Å². The van der Waals surface area contributed by atoms with Gasteiger partial charge < -0.3 is 4.74 Å². The van der Waals surface area contributed by atoms with Crippen molar-refractivity contribution in [2.24, 2.45) is 17.0 Å². The predicted octanol–water partition coefficient (Wildman–Crippen LogP) is 2.30. The average molecular weight is 284 g/mol. The summed E-state index contributed by atoms with van der Waals surface area (Å²) in [6, 6.07) is 0.484. The number of hydrogen-bond donors (Lipinski definition) is 0. The van der Waals surface area contributed by atoms with E-state index < -0.39 is 0 Å². The van der Waals surface area contributed by atoms with Crippen molar-refractivity contribution < 1.29 is 13.9 Å². The van der Waals surface area contributed by atoms with Crippen LogP contribution >= 0.6 is 0 Å². The number of piperidine rings is 1. The van der Waals surface area contributed by atoms with Crippen LogP contribution < -0.4 is 0 Å². The molecule has 0 N–H and O–H groups in total. The Hall–Kier alpha value is -1.33. The van der Waals surface area contributed by atoms with Gasteiger partial charge in [-0.15, -0.1) is 0 Å². The minimum Gasteiger partial charge on any atom is -0.469 e. The van der Waals surface area contributed by atoms with Crippen molar-refractivity contribution in [2.45, 2.75) is 37.8 Å². The first-order chi connectivity index (χ1) is 9.72. The van der Waals surface area contributed by atoms with Gasteiger partial charge in [0.05, 0.1) is 19.7 Å². The third-order valence-corrected chi connectivity index (χ3v) is 4.59. The fraction of sp³-hybridized carbons (Fsp3) is 0.923. The number of fused-ring (bicyclic) bond motifs is 2. The Balaban J connectivity index is 2.15. The molecule has 4 unspecified atom stereocenters. The van der Waals surface area contributed by atoms with E-state index in [-0.39, 0.29) is 30.5 Å². The predicted molar refractivity (Wildman–Crippen MR) is 71.7 cm³/mol. The SMILES string of the molecule is COC(=O)C1C(CN=[N+]=[N-])CC2CCC1N2CCCF. The van der Waals surface area contributed by atoms with Gasteiger partial charge in [0.2, 0.25) is 0 Å². The van der Waals surface area contributed by atoms with Crippen molar-refractivity contribution in [1.82, 2.24) is 4.90 Å². The summed E-state index contributed by atoms with van der Waals surface area (Å²) in [6.07, 6.45) is 3.28. The number of azide groups is 1. The minimum absolute atomic E-state index is 0.0393. The summed E-state index contributed by atoms with van der Waals surface area (Å²) in [6.45, 7) is 0.689. The van der Waals surface area contributed by atoms with E-state index in [1.165, 1.54) is 7.11 Å². The van der Waals surface area contributed by atoms with E-state index in [0.29, 0.717) is 25.6 Å². The summed E-state index contributed by atoms with van der Waals surface area (Å²) in [7, 11) is 1.39. The first-order valence-electron chi connectivity index (χ1n) is 7.13. The van der Waals surface area contributed by atoms with Crippen molar-refractivity contribution in [1.29, 1.82) is 0 Å². The molecular formula is C13H21FN4O2. The zero-order chi connectivity index (χ0) is 14.5. The lowest BCUT2D eigenvalue weighted by atomic mass is 9.80. The highest BCUT2D eigenvalue weighted by Gasteiger charge is 2.49. The number of carbonyl (C=O) groups excluding carboxylic acids is 1. The fourth-order valence-electron chi connectivity index (χ4n) is 3.82. The van der Waals surface area contributed by atoms with Crippen LogP contribution in [0.2, 0.25) is 0 Å². The van der Waals surface area contributed by atoms with E-state index in [1.807, 2.05) is 0 Å². The monoisotopic (exact) mass is 284 g/mol. The Labute approximate surface area is 117 Å². The van der Waals surface area contributed by atoms with Gasteiger partial charge in [0.15, 0.2) is 0 Å². The second-order valence-electron chi connectivity index (χ2n) is 5.54. The molecule has 2 rings (SSSR count). The van der Waals surface area contributed by atoms with Crippen molar-refractivity contribution >= 4 is 5.97 Å². The van der Waals surface area contributed by atoms with Crippen LogP contribution in [0.15, 0.2) is 5.11 Å². The maximum absolute atomic E-state index is 12.4. The molecule has 112 valence electrons. The molecule has 0 aromatic heterocycles. The molecule has 6 nitrogen and oxygen atoms in total. The first kappa shape index (κ1) is 15.1. The highest BCUT2D eigenvalue weighted by atomic mass is 19.1. The number of rotatable bonds is 6. The molecule has 0 aromatic rings. The number of ether oxygens (including phenoxy) is 1. The molecule has 2 heterocycles. The Bertz CT molecular complexity index is 400. The van der Waals surface area contributed by atoms with Crippen LogP contribution in [-0.2, 0) is 9.53 Å². The summed E-state index contributed by atoms with van der Waals surface area (Å²) in [5.41, 5.74) is 8.48. The second kappa shape index (κ2) is 6.90. The Kier molecular flexibility index (Phi) is 5.20. The summed E-state index contributed by atoms with van der Waals surface area (Å²) < 4.78 is 17.3. The third-order valence-electron chi connectivity index (χ3n) is 4.59. The van der Waals surface area contributed by atoms with E-state index in [0.717, 1.165) is 19.3 Å². The minimum atomic E-state index is -0.332. The van der Waals surface area contributed by atoms with Crippen molar-refractivity contribution in [3.05, 3.63) is 10.4 Å². The van der Waals surface area contributed by atoms with Crippen molar-refractivity contribution in [3.63, 3.8) is 0 Å². The number of esters is 1. The Morgan fingerprint density at radius 1 is 1.55 bits per heavy atom.